The van der Waals surface area contributed by atoms with Crippen LogP contribution in [0.3, 0.4) is 0 Å². The van der Waals surface area contributed by atoms with E-state index in [4.69, 9.17) is 4.42 Å². The van der Waals surface area contributed by atoms with Gasteiger partial charge in [0, 0.05) is 12.0 Å². The molecule has 0 aliphatic heterocycles. The van der Waals surface area contributed by atoms with Gasteiger partial charge in [-0.1, -0.05) is 26.7 Å². The van der Waals surface area contributed by atoms with Gasteiger partial charge in [-0.15, -0.1) is 0 Å². The predicted octanol–water partition coefficient (Wildman–Crippen LogP) is 2.95. The van der Waals surface area contributed by atoms with Crippen LogP contribution in [0.15, 0.2) is 15.3 Å². The summed E-state index contributed by atoms with van der Waals surface area (Å²) in [6.07, 6.45) is 3.19. The maximum atomic E-state index is 11.3. The van der Waals surface area contributed by atoms with Crippen molar-refractivity contribution in [1.29, 1.82) is 0 Å². The number of hydrogen-bond donors (Lipinski definition) is 1. The minimum Gasteiger partial charge on any atom is -0.507 e. The van der Waals surface area contributed by atoms with Crippen molar-refractivity contribution in [2.75, 3.05) is 0 Å². The van der Waals surface area contributed by atoms with Gasteiger partial charge in [0.1, 0.15) is 11.5 Å². The molecule has 0 saturated carbocycles. The Morgan fingerprint density at radius 3 is 2.73 bits per heavy atom. The number of aromatic hydroxyl groups is 1. The second kappa shape index (κ2) is 5.01. The van der Waals surface area contributed by atoms with E-state index in [-0.39, 0.29) is 17.2 Å². The maximum absolute atomic E-state index is 11.3. The zero-order chi connectivity index (χ0) is 11.4. The average molecular weight is 210 g/mol. The summed E-state index contributed by atoms with van der Waals surface area (Å²) >= 11 is 0. The summed E-state index contributed by atoms with van der Waals surface area (Å²) in [6.45, 7) is 5.68. The Morgan fingerprint density at radius 2 is 2.20 bits per heavy atom. The minimum atomic E-state index is -0.437. The largest absolute Gasteiger partial charge is 0.507 e. The first-order valence-corrected chi connectivity index (χ1v) is 5.39. The first-order valence-electron chi connectivity index (χ1n) is 5.39. The SMILES string of the molecule is CCCC[C@@H](C)c1cc(O)c(C)c(=O)o1. The van der Waals surface area contributed by atoms with Gasteiger partial charge in [-0.2, -0.15) is 0 Å². The molecule has 1 aromatic heterocycles. The third-order valence-electron chi connectivity index (χ3n) is 2.66. The summed E-state index contributed by atoms with van der Waals surface area (Å²) in [7, 11) is 0. The molecule has 84 valence electrons. The third kappa shape index (κ3) is 2.85. The summed E-state index contributed by atoms with van der Waals surface area (Å²) in [4.78, 5) is 11.3. The molecule has 1 rings (SSSR count). The van der Waals surface area contributed by atoms with E-state index < -0.39 is 5.63 Å². The van der Waals surface area contributed by atoms with Crippen LogP contribution in [-0.4, -0.2) is 5.11 Å². The molecule has 1 atom stereocenters. The monoisotopic (exact) mass is 210 g/mol. The normalized spacial score (nSPS) is 12.7. The summed E-state index contributed by atoms with van der Waals surface area (Å²) < 4.78 is 5.13. The van der Waals surface area contributed by atoms with Crippen LogP contribution < -0.4 is 5.63 Å². The molecule has 3 nitrogen and oxygen atoms in total. The highest BCUT2D eigenvalue weighted by Crippen LogP contribution is 2.24. The molecule has 0 fully saturated rings. The van der Waals surface area contributed by atoms with E-state index >= 15 is 0 Å². The quantitative estimate of drug-likeness (QED) is 0.831. The topological polar surface area (TPSA) is 50.4 Å². The van der Waals surface area contributed by atoms with Crippen LogP contribution in [0.1, 0.15) is 50.4 Å². The van der Waals surface area contributed by atoms with Crippen molar-refractivity contribution in [2.24, 2.45) is 0 Å². The number of unbranched alkanes of at least 4 members (excludes halogenated alkanes) is 1. The van der Waals surface area contributed by atoms with Crippen molar-refractivity contribution in [1.82, 2.24) is 0 Å². The van der Waals surface area contributed by atoms with Crippen LogP contribution in [0.4, 0.5) is 0 Å². The van der Waals surface area contributed by atoms with E-state index in [1.807, 2.05) is 6.92 Å². The van der Waals surface area contributed by atoms with Crippen LogP contribution in [-0.2, 0) is 0 Å². The Kier molecular flexibility index (Phi) is 3.95. The fraction of sp³-hybridized carbons (Fsp3) is 0.583. The fourth-order valence-electron chi connectivity index (χ4n) is 1.46. The molecule has 3 heteroatoms. The Balaban J connectivity index is 2.91. The highest BCUT2D eigenvalue weighted by molar-refractivity contribution is 5.29. The summed E-state index contributed by atoms with van der Waals surface area (Å²) in [5, 5.41) is 9.50. The Bertz CT molecular complexity index is 379. The third-order valence-corrected chi connectivity index (χ3v) is 2.66. The van der Waals surface area contributed by atoms with Gasteiger partial charge in [-0.25, -0.2) is 4.79 Å². The van der Waals surface area contributed by atoms with E-state index in [0.29, 0.717) is 5.76 Å². The van der Waals surface area contributed by atoms with E-state index in [2.05, 4.69) is 6.92 Å². The molecular weight excluding hydrogens is 192 g/mol. The fourth-order valence-corrected chi connectivity index (χ4v) is 1.46. The van der Waals surface area contributed by atoms with Gasteiger partial charge < -0.3 is 9.52 Å². The number of rotatable bonds is 4. The smallest absolute Gasteiger partial charge is 0.342 e. The molecule has 1 N–H and O–H groups in total. The highest BCUT2D eigenvalue weighted by atomic mass is 16.4. The zero-order valence-electron chi connectivity index (χ0n) is 9.54. The molecule has 0 radical (unpaired) electrons. The second-order valence-corrected chi connectivity index (χ2v) is 3.99. The standard InChI is InChI=1S/C12H18O3/c1-4-5-6-8(2)11-7-10(13)9(3)12(14)15-11/h7-8,13H,4-6H2,1-3H3/t8-/m1/s1. The molecule has 0 amide bonds. The zero-order valence-corrected chi connectivity index (χ0v) is 9.54. The predicted molar refractivity (Wildman–Crippen MR) is 59.3 cm³/mol. The maximum Gasteiger partial charge on any atom is 0.342 e. The summed E-state index contributed by atoms with van der Waals surface area (Å²) in [5.41, 5.74) is -0.158. The lowest BCUT2D eigenvalue weighted by Gasteiger charge is -2.10. The molecule has 1 aromatic rings. The van der Waals surface area contributed by atoms with Gasteiger partial charge in [0.2, 0.25) is 0 Å². The molecule has 0 bridgehead atoms. The van der Waals surface area contributed by atoms with Crippen LogP contribution in [0.5, 0.6) is 5.75 Å². The van der Waals surface area contributed by atoms with Gasteiger partial charge in [-0.05, 0) is 13.3 Å². The summed E-state index contributed by atoms with van der Waals surface area (Å²) in [5.74, 6) is 0.797. The van der Waals surface area contributed by atoms with E-state index in [9.17, 15) is 9.90 Å². The van der Waals surface area contributed by atoms with Crippen LogP contribution in [0.2, 0.25) is 0 Å². The average Bonchev–Trinajstić information content (AvgIpc) is 2.21. The van der Waals surface area contributed by atoms with Gasteiger partial charge >= 0.3 is 5.63 Å². The highest BCUT2D eigenvalue weighted by Gasteiger charge is 2.12. The summed E-state index contributed by atoms with van der Waals surface area (Å²) in [6, 6.07) is 1.55. The van der Waals surface area contributed by atoms with E-state index in [1.165, 1.54) is 0 Å². The van der Waals surface area contributed by atoms with Crippen molar-refractivity contribution < 1.29 is 9.52 Å². The van der Waals surface area contributed by atoms with E-state index in [1.54, 1.807) is 13.0 Å². The first-order chi connectivity index (χ1) is 7.06. The lowest BCUT2D eigenvalue weighted by atomic mass is 10.0. The molecule has 15 heavy (non-hydrogen) atoms. The molecule has 1 heterocycles. The molecule has 0 saturated heterocycles. The Hall–Kier alpha value is -1.25. The molecule has 0 aromatic carbocycles. The van der Waals surface area contributed by atoms with Gasteiger partial charge in [0.15, 0.2) is 0 Å². The van der Waals surface area contributed by atoms with Crippen molar-refractivity contribution >= 4 is 0 Å². The van der Waals surface area contributed by atoms with Crippen molar-refractivity contribution in [3.05, 3.63) is 27.8 Å². The second-order valence-electron chi connectivity index (χ2n) is 3.99. The van der Waals surface area contributed by atoms with Gasteiger partial charge in [-0.3, -0.25) is 0 Å². The lowest BCUT2D eigenvalue weighted by Crippen LogP contribution is -2.06. The molecule has 0 spiro atoms. The van der Waals surface area contributed by atoms with Crippen LogP contribution >= 0.6 is 0 Å². The van der Waals surface area contributed by atoms with Crippen LogP contribution in [0.25, 0.3) is 0 Å². The van der Waals surface area contributed by atoms with E-state index in [0.717, 1.165) is 19.3 Å². The van der Waals surface area contributed by atoms with Crippen molar-refractivity contribution in [3.63, 3.8) is 0 Å². The minimum absolute atomic E-state index is 0.0320. The Labute approximate surface area is 89.7 Å². The van der Waals surface area contributed by atoms with Crippen molar-refractivity contribution in [3.8, 4) is 5.75 Å². The van der Waals surface area contributed by atoms with Gasteiger partial charge in [0.25, 0.3) is 0 Å². The molecule has 0 unspecified atom stereocenters. The molecular formula is C12H18O3. The number of hydrogen-bond acceptors (Lipinski definition) is 3. The van der Waals surface area contributed by atoms with Crippen molar-refractivity contribution in [2.45, 2.75) is 46.0 Å². The molecule has 0 aliphatic rings. The molecule has 0 aliphatic carbocycles. The van der Waals surface area contributed by atoms with Crippen LogP contribution in [0, 0.1) is 6.92 Å². The van der Waals surface area contributed by atoms with Gasteiger partial charge in [0.05, 0.1) is 5.56 Å². The first kappa shape index (κ1) is 11.8. The Morgan fingerprint density at radius 1 is 1.53 bits per heavy atom. The lowest BCUT2D eigenvalue weighted by molar-refractivity contribution is 0.391.